The van der Waals surface area contributed by atoms with Crippen molar-refractivity contribution in [3.63, 3.8) is 0 Å². The summed E-state index contributed by atoms with van der Waals surface area (Å²) in [6.07, 6.45) is -3.05. The van der Waals surface area contributed by atoms with Crippen molar-refractivity contribution in [3.05, 3.63) is 0 Å². The van der Waals surface area contributed by atoms with Gasteiger partial charge in [0.25, 0.3) is 0 Å². The first-order valence-electron chi connectivity index (χ1n) is 6.21. The van der Waals surface area contributed by atoms with Gasteiger partial charge in [-0.25, -0.2) is 0 Å². The number of halogens is 3. The molecular weight excluding hydrogens is 265 g/mol. The highest BCUT2D eigenvalue weighted by molar-refractivity contribution is 7.99. The van der Waals surface area contributed by atoms with Gasteiger partial charge in [0.05, 0.1) is 5.60 Å². The lowest BCUT2D eigenvalue weighted by Crippen LogP contribution is -2.45. The van der Waals surface area contributed by atoms with Crippen LogP contribution in [0.25, 0.3) is 0 Å². The molecule has 2 heterocycles. The molecule has 1 atom stereocenters. The Morgan fingerprint density at radius 2 is 2.00 bits per heavy atom. The fraction of sp³-hybridized carbons (Fsp3) is 0.917. The van der Waals surface area contributed by atoms with Gasteiger partial charge in [-0.1, -0.05) is 0 Å². The van der Waals surface area contributed by atoms with Gasteiger partial charge in [0.2, 0.25) is 0 Å². The van der Waals surface area contributed by atoms with E-state index < -0.39 is 24.3 Å². The molecule has 2 aliphatic heterocycles. The first-order valence-corrected chi connectivity index (χ1v) is 7.37. The van der Waals surface area contributed by atoms with Crippen molar-refractivity contribution in [2.24, 2.45) is 5.92 Å². The molecule has 0 radical (unpaired) electrons. The Morgan fingerprint density at radius 3 is 2.61 bits per heavy atom. The van der Waals surface area contributed by atoms with E-state index in [1.807, 2.05) is 11.8 Å². The molecule has 2 fully saturated rings. The van der Waals surface area contributed by atoms with E-state index in [0.29, 0.717) is 19.4 Å². The molecule has 18 heavy (non-hydrogen) atoms. The molecule has 1 spiro atoms. The third-order valence-corrected chi connectivity index (χ3v) is 4.71. The number of alkyl halides is 3. The highest BCUT2D eigenvalue weighted by Gasteiger charge is 2.43. The van der Waals surface area contributed by atoms with Gasteiger partial charge in [0.1, 0.15) is 12.2 Å². The summed E-state index contributed by atoms with van der Waals surface area (Å²) >= 11 is 1.84. The van der Waals surface area contributed by atoms with Crippen molar-refractivity contribution in [2.45, 2.75) is 43.9 Å². The molecule has 0 bridgehead atoms. The normalized spacial score (nSPS) is 28.3. The van der Waals surface area contributed by atoms with Gasteiger partial charge >= 0.3 is 6.18 Å². The maximum absolute atomic E-state index is 12.2. The van der Waals surface area contributed by atoms with Crippen LogP contribution in [0, 0.1) is 5.92 Å². The minimum absolute atomic E-state index is 0.324. The van der Waals surface area contributed by atoms with Crippen molar-refractivity contribution >= 4 is 17.5 Å². The summed E-state index contributed by atoms with van der Waals surface area (Å²) < 4.78 is 42.5. The Labute approximate surface area is 109 Å². The van der Waals surface area contributed by atoms with E-state index in [1.165, 1.54) is 0 Å². The van der Waals surface area contributed by atoms with Gasteiger partial charge in [0, 0.05) is 12.5 Å². The van der Waals surface area contributed by atoms with Crippen LogP contribution in [0.3, 0.4) is 0 Å². The van der Waals surface area contributed by atoms with E-state index in [4.69, 9.17) is 4.74 Å². The van der Waals surface area contributed by atoms with Crippen molar-refractivity contribution in [1.29, 1.82) is 0 Å². The molecule has 0 saturated carbocycles. The molecule has 6 heteroatoms. The number of Topliss-reactive ketones (excluding diaryl/α,β-unsaturated/α-hetero) is 1. The van der Waals surface area contributed by atoms with Gasteiger partial charge in [-0.15, -0.1) is 0 Å². The number of thioether (sulfide) groups is 1. The van der Waals surface area contributed by atoms with Crippen LogP contribution in [0.4, 0.5) is 13.2 Å². The average Bonchev–Trinajstić information content (AvgIpc) is 2.28. The van der Waals surface area contributed by atoms with Crippen molar-refractivity contribution in [2.75, 3.05) is 18.1 Å². The summed E-state index contributed by atoms with van der Waals surface area (Å²) in [5.41, 5.74) is -0.324. The molecule has 0 aromatic rings. The number of ether oxygens (including phenoxy) is 1. The summed E-state index contributed by atoms with van der Waals surface area (Å²) in [7, 11) is 0. The first kappa shape index (κ1) is 14.2. The number of ketones is 1. The van der Waals surface area contributed by atoms with E-state index in [1.54, 1.807) is 0 Å². The largest absolute Gasteiger partial charge is 0.395 e. The number of rotatable bonds is 2. The summed E-state index contributed by atoms with van der Waals surface area (Å²) in [6, 6.07) is 0. The fourth-order valence-corrected chi connectivity index (χ4v) is 3.97. The SMILES string of the molecule is O=C(CC(F)(F)F)C1CCOC2(CCSCC2)C1. The van der Waals surface area contributed by atoms with E-state index in [9.17, 15) is 18.0 Å². The van der Waals surface area contributed by atoms with Crippen molar-refractivity contribution in [3.8, 4) is 0 Å². The Kier molecular flexibility index (Phi) is 4.26. The first-order chi connectivity index (χ1) is 8.40. The standard InChI is InChI=1S/C12H17F3O2S/c13-12(14,15)8-10(16)9-1-4-17-11(7-9)2-5-18-6-3-11/h9H,1-8H2. The second-order valence-electron chi connectivity index (χ2n) is 5.09. The topological polar surface area (TPSA) is 26.3 Å². The maximum atomic E-state index is 12.2. The van der Waals surface area contributed by atoms with Gasteiger partial charge in [-0.2, -0.15) is 24.9 Å². The van der Waals surface area contributed by atoms with Crippen LogP contribution in [0.2, 0.25) is 0 Å². The molecule has 0 N–H and O–H groups in total. The summed E-state index contributed by atoms with van der Waals surface area (Å²) in [6.45, 7) is 0.416. The fourth-order valence-electron chi connectivity index (χ4n) is 2.74. The number of carbonyl (C=O) groups is 1. The molecule has 104 valence electrons. The molecule has 0 aromatic heterocycles. The third-order valence-electron chi connectivity index (χ3n) is 3.73. The lowest BCUT2D eigenvalue weighted by Gasteiger charge is -2.43. The zero-order chi connectivity index (χ0) is 13.2. The van der Waals surface area contributed by atoms with E-state index >= 15 is 0 Å². The third kappa shape index (κ3) is 3.63. The number of carbonyl (C=O) groups excluding carboxylic acids is 1. The summed E-state index contributed by atoms with van der Waals surface area (Å²) in [5.74, 6) is 0.812. The summed E-state index contributed by atoms with van der Waals surface area (Å²) in [5, 5.41) is 0. The average molecular weight is 282 g/mol. The van der Waals surface area contributed by atoms with Crippen LogP contribution in [-0.4, -0.2) is 35.7 Å². The quantitative estimate of drug-likeness (QED) is 0.778. The Bertz CT molecular complexity index is 305. The smallest absolute Gasteiger partial charge is 0.375 e. The molecule has 0 aliphatic carbocycles. The Morgan fingerprint density at radius 1 is 1.33 bits per heavy atom. The number of hydrogen-bond donors (Lipinski definition) is 0. The van der Waals surface area contributed by atoms with Gasteiger partial charge in [-0.3, -0.25) is 4.79 Å². The van der Waals surface area contributed by atoms with E-state index in [0.717, 1.165) is 24.3 Å². The lowest BCUT2D eigenvalue weighted by atomic mass is 9.79. The predicted octanol–water partition coefficient (Wildman–Crippen LogP) is 3.20. The molecule has 1 unspecified atom stereocenters. The minimum atomic E-state index is -4.38. The van der Waals surface area contributed by atoms with Crippen molar-refractivity contribution in [1.82, 2.24) is 0 Å². The van der Waals surface area contributed by atoms with Crippen LogP contribution in [-0.2, 0) is 9.53 Å². The molecule has 2 nitrogen and oxygen atoms in total. The molecule has 2 saturated heterocycles. The molecule has 2 aliphatic rings. The summed E-state index contributed by atoms with van der Waals surface area (Å²) in [4.78, 5) is 11.7. The van der Waals surface area contributed by atoms with Gasteiger partial charge in [-0.05, 0) is 37.2 Å². The van der Waals surface area contributed by atoms with Gasteiger partial charge < -0.3 is 4.74 Å². The zero-order valence-electron chi connectivity index (χ0n) is 10.1. The van der Waals surface area contributed by atoms with E-state index in [2.05, 4.69) is 0 Å². The van der Waals surface area contributed by atoms with Crippen LogP contribution in [0.15, 0.2) is 0 Å². The molecule has 0 aromatic carbocycles. The van der Waals surface area contributed by atoms with E-state index in [-0.39, 0.29) is 5.60 Å². The Hall–Kier alpha value is -0.230. The van der Waals surface area contributed by atoms with Crippen LogP contribution >= 0.6 is 11.8 Å². The second kappa shape index (κ2) is 5.41. The van der Waals surface area contributed by atoms with Crippen molar-refractivity contribution < 1.29 is 22.7 Å². The van der Waals surface area contributed by atoms with Crippen LogP contribution < -0.4 is 0 Å². The second-order valence-corrected chi connectivity index (χ2v) is 6.32. The molecule has 0 amide bonds. The minimum Gasteiger partial charge on any atom is -0.375 e. The highest BCUT2D eigenvalue weighted by Crippen LogP contribution is 2.40. The van der Waals surface area contributed by atoms with Crippen LogP contribution in [0.1, 0.15) is 32.1 Å². The lowest BCUT2D eigenvalue weighted by molar-refractivity contribution is -0.163. The number of hydrogen-bond acceptors (Lipinski definition) is 3. The predicted molar refractivity (Wildman–Crippen MR) is 63.6 cm³/mol. The monoisotopic (exact) mass is 282 g/mol. The maximum Gasteiger partial charge on any atom is 0.395 e. The molecular formula is C12H17F3O2S. The zero-order valence-corrected chi connectivity index (χ0v) is 10.9. The van der Waals surface area contributed by atoms with Gasteiger partial charge in [0.15, 0.2) is 0 Å². The molecule has 2 rings (SSSR count). The van der Waals surface area contributed by atoms with Crippen LogP contribution in [0.5, 0.6) is 0 Å². The highest BCUT2D eigenvalue weighted by atomic mass is 32.2. The Balaban J connectivity index is 1.95.